The van der Waals surface area contributed by atoms with Crippen molar-refractivity contribution in [1.29, 1.82) is 0 Å². The van der Waals surface area contributed by atoms with E-state index in [0.717, 1.165) is 3.57 Å². The maximum atomic E-state index is 7.58. The zero-order valence-electron chi connectivity index (χ0n) is 6.51. The molecule has 0 aliphatic rings. The first-order chi connectivity index (χ1) is 5.46. The van der Waals surface area contributed by atoms with Crippen molar-refractivity contribution >= 4 is 70.4 Å². The summed E-state index contributed by atoms with van der Waals surface area (Å²) in [5.41, 5.74) is 0. The number of halogens is 4. The van der Waals surface area contributed by atoms with Crippen LogP contribution in [0.25, 0.3) is 0 Å². The van der Waals surface area contributed by atoms with Gasteiger partial charge in [-0.05, 0) is 66.5 Å². The molecule has 0 aliphatic carbocycles. The molecule has 4 heteroatoms. The Morgan fingerprint density at radius 3 is 2.00 bits per heavy atom. The standard InChI is InChI=1S/C6H2Br3I/c7-3-1-4(8)6(10)5(9)2-3/h1-2H/i1D,2D. The summed E-state index contributed by atoms with van der Waals surface area (Å²) in [4.78, 5) is 0. The van der Waals surface area contributed by atoms with E-state index in [0.29, 0.717) is 25.5 Å². The van der Waals surface area contributed by atoms with Gasteiger partial charge in [-0.3, -0.25) is 0 Å². The highest BCUT2D eigenvalue weighted by atomic mass is 127. The molecule has 0 aliphatic heterocycles. The minimum absolute atomic E-state index is 0.313. The van der Waals surface area contributed by atoms with Crippen molar-refractivity contribution in [3.05, 3.63) is 29.1 Å². The zero-order chi connectivity index (χ0) is 9.46. The second kappa shape index (κ2) is 3.87. The highest BCUT2D eigenvalue weighted by Crippen LogP contribution is 2.30. The maximum absolute atomic E-state index is 7.58. The first-order valence-electron chi connectivity index (χ1n) is 3.26. The van der Waals surface area contributed by atoms with Crippen LogP contribution in [0.5, 0.6) is 0 Å². The maximum Gasteiger partial charge on any atom is 0.0647 e. The summed E-state index contributed by atoms with van der Waals surface area (Å²) in [7, 11) is 0. The molecule has 0 bridgehead atoms. The Morgan fingerprint density at radius 2 is 1.60 bits per heavy atom. The lowest BCUT2D eigenvalue weighted by atomic mass is 10.4. The second-order valence-electron chi connectivity index (χ2n) is 1.51. The van der Waals surface area contributed by atoms with E-state index in [1.165, 1.54) is 0 Å². The van der Waals surface area contributed by atoms with E-state index in [4.69, 9.17) is 2.74 Å². The lowest BCUT2D eigenvalue weighted by Crippen LogP contribution is -1.76. The lowest BCUT2D eigenvalue weighted by Gasteiger charge is -1.99. The third-order valence-electron chi connectivity index (χ3n) is 0.824. The Morgan fingerprint density at radius 1 is 1.20 bits per heavy atom. The summed E-state index contributed by atoms with van der Waals surface area (Å²) in [5.74, 6) is 0. The molecule has 0 N–H and O–H groups in total. The van der Waals surface area contributed by atoms with Gasteiger partial charge in [0.1, 0.15) is 0 Å². The Balaban J connectivity index is 3.60. The molecule has 1 aromatic rings. The van der Waals surface area contributed by atoms with Gasteiger partial charge >= 0.3 is 0 Å². The summed E-state index contributed by atoms with van der Waals surface area (Å²) < 4.78 is 17.9. The molecule has 0 saturated heterocycles. The molecule has 0 unspecified atom stereocenters. The van der Waals surface area contributed by atoms with Crippen LogP contribution in [0.2, 0.25) is 0 Å². The van der Waals surface area contributed by atoms with Crippen molar-refractivity contribution in [2.45, 2.75) is 0 Å². The average molecular weight is 443 g/mol. The van der Waals surface area contributed by atoms with Gasteiger partial charge in [-0.2, -0.15) is 0 Å². The van der Waals surface area contributed by atoms with Crippen LogP contribution >= 0.6 is 70.4 Å². The summed E-state index contributed by atoms with van der Waals surface area (Å²) in [5, 5.41) is 0. The highest BCUT2D eigenvalue weighted by Gasteiger charge is 2.01. The first-order valence-corrected chi connectivity index (χ1v) is 5.71. The van der Waals surface area contributed by atoms with E-state index in [1.807, 2.05) is 0 Å². The normalized spacial score (nSPS) is 12.8. The van der Waals surface area contributed by atoms with Crippen molar-refractivity contribution in [3.63, 3.8) is 0 Å². The molecule has 0 heterocycles. The summed E-state index contributed by atoms with van der Waals surface area (Å²) in [6.07, 6.45) is 0. The molecule has 10 heavy (non-hydrogen) atoms. The SMILES string of the molecule is [2H]c1c(Br)c([2H])c(Br)c(I)c1Br. The molecule has 0 nitrogen and oxygen atoms in total. The number of rotatable bonds is 0. The quantitative estimate of drug-likeness (QED) is 0.313. The van der Waals surface area contributed by atoms with E-state index < -0.39 is 0 Å². The molecule has 0 saturated carbocycles. The van der Waals surface area contributed by atoms with Crippen LogP contribution in [0.1, 0.15) is 2.74 Å². The Kier molecular flexibility index (Phi) is 2.65. The van der Waals surface area contributed by atoms with Gasteiger partial charge in [0.05, 0.1) is 2.74 Å². The lowest BCUT2D eigenvalue weighted by molar-refractivity contribution is 1.50. The van der Waals surface area contributed by atoms with Crippen molar-refractivity contribution in [2.24, 2.45) is 0 Å². The molecule has 1 aromatic carbocycles. The van der Waals surface area contributed by atoms with Crippen LogP contribution in [-0.2, 0) is 0 Å². The van der Waals surface area contributed by atoms with Crippen molar-refractivity contribution in [2.75, 3.05) is 0 Å². The van der Waals surface area contributed by atoms with Crippen LogP contribution in [0.3, 0.4) is 0 Å². The Hall–Kier alpha value is 1.39. The molecule has 0 radical (unpaired) electrons. The topological polar surface area (TPSA) is 0 Å². The molecule has 0 atom stereocenters. The molecule has 0 spiro atoms. The molecule has 0 aromatic heterocycles. The van der Waals surface area contributed by atoms with E-state index in [9.17, 15) is 0 Å². The fourth-order valence-corrected chi connectivity index (χ4v) is 2.69. The Bertz CT molecular complexity index is 235. The minimum Gasteiger partial charge on any atom is -0.0508 e. The fourth-order valence-electron chi connectivity index (χ4n) is 0.430. The van der Waals surface area contributed by atoms with Gasteiger partial charge in [-0.1, -0.05) is 15.9 Å². The number of hydrogen-bond acceptors (Lipinski definition) is 0. The summed E-state index contributed by atoms with van der Waals surface area (Å²) in [6.45, 7) is 0. The monoisotopic (exact) mass is 440 g/mol. The third kappa shape index (κ3) is 2.19. The van der Waals surface area contributed by atoms with Crippen LogP contribution in [-0.4, -0.2) is 0 Å². The predicted octanol–water partition coefficient (Wildman–Crippen LogP) is 4.58. The van der Waals surface area contributed by atoms with Crippen LogP contribution in [0.4, 0.5) is 0 Å². The van der Waals surface area contributed by atoms with Gasteiger partial charge in [0, 0.05) is 17.0 Å². The van der Waals surface area contributed by atoms with E-state index in [2.05, 4.69) is 70.4 Å². The molecule has 54 valence electrons. The molecule has 1 rings (SSSR count). The van der Waals surface area contributed by atoms with Crippen LogP contribution < -0.4 is 0 Å². The fraction of sp³-hybridized carbons (Fsp3) is 0. The average Bonchev–Trinajstić information content (AvgIpc) is 2.08. The first kappa shape index (κ1) is 6.86. The second-order valence-corrected chi connectivity index (χ2v) is 4.96. The smallest absolute Gasteiger partial charge is 0.0508 e. The highest BCUT2D eigenvalue weighted by molar-refractivity contribution is 14.1. The van der Waals surface area contributed by atoms with E-state index in [-0.39, 0.29) is 0 Å². The van der Waals surface area contributed by atoms with Gasteiger partial charge in [-0.15, -0.1) is 0 Å². The summed E-state index contributed by atoms with van der Waals surface area (Å²) in [6, 6.07) is 0.625. The van der Waals surface area contributed by atoms with Gasteiger partial charge in [0.2, 0.25) is 0 Å². The van der Waals surface area contributed by atoms with Gasteiger partial charge in [-0.25, -0.2) is 0 Å². The zero-order valence-corrected chi connectivity index (χ0v) is 11.4. The summed E-state index contributed by atoms with van der Waals surface area (Å²) >= 11 is 11.8. The molecule has 0 fully saturated rings. The van der Waals surface area contributed by atoms with Gasteiger partial charge in [0.25, 0.3) is 0 Å². The third-order valence-corrected chi connectivity index (χ3v) is 4.97. The molecule has 0 amide bonds. The van der Waals surface area contributed by atoms with Crippen LogP contribution in [0.15, 0.2) is 25.5 Å². The minimum atomic E-state index is 0.313. The van der Waals surface area contributed by atoms with E-state index >= 15 is 0 Å². The Labute approximate surface area is 101 Å². The number of hydrogen-bond donors (Lipinski definition) is 0. The van der Waals surface area contributed by atoms with Gasteiger partial charge < -0.3 is 0 Å². The van der Waals surface area contributed by atoms with E-state index in [1.54, 1.807) is 0 Å². The number of benzene rings is 1. The molecular formula is C6H2Br3I. The van der Waals surface area contributed by atoms with Crippen molar-refractivity contribution in [3.8, 4) is 0 Å². The largest absolute Gasteiger partial charge is 0.0647 e. The molecular weight excluding hydrogens is 439 g/mol. The van der Waals surface area contributed by atoms with Gasteiger partial charge in [0.15, 0.2) is 0 Å². The van der Waals surface area contributed by atoms with Crippen molar-refractivity contribution < 1.29 is 2.74 Å². The predicted molar refractivity (Wildman–Crippen MR) is 62.3 cm³/mol. The van der Waals surface area contributed by atoms with Crippen LogP contribution in [0, 0.1) is 3.57 Å². The van der Waals surface area contributed by atoms with Crippen molar-refractivity contribution in [1.82, 2.24) is 0 Å².